The molecule has 1 saturated carbocycles. The molecule has 4 nitrogen and oxygen atoms in total. The summed E-state index contributed by atoms with van der Waals surface area (Å²) in [6, 6.07) is 9.18. The molecule has 0 aliphatic heterocycles. The molecule has 0 aromatic heterocycles. The average Bonchev–Trinajstić information content (AvgIpc) is 2.67. The summed E-state index contributed by atoms with van der Waals surface area (Å²) in [5.41, 5.74) is -1.45. The standard InChI is InChI=1S/C22H31NO3.ClH/c1-4-7-11-17-16-19(23(5-2)6-3)14-15-20(17)22(26,21(24)25)18-12-9-8-10-13-18;/h8-10,12-13,17,19-20,26H,4-6,14-16H2,1-3H3,(H,24,25);1H. The molecule has 0 saturated heterocycles. The van der Waals surface area contributed by atoms with Crippen molar-refractivity contribution in [3.8, 4) is 11.8 Å². The Hall–Kier alpha value is -1.54. The molecule has 0 radical (unpaired) electrons. The van der Waals surface area contributed by atoms with Gasteiger partial charge in [-0.2, -0.15) is 0 Å². The predicted octanol–water partition coefficient (Wildman–Crippen LogP) is 3.92. The molecule has 4 unspecified atom stereocenters. The van der Waals surface area contributed by atoms with Crippen LogP contribution in [0.3, 0.4) is 0 Å². The number of nitrogens with zero attached hydrogens (tertiary/aromatic N) is 1. The second kappa shape index (κ2) is 10.7. The van der Waals surface area contributed by atoms with Crippen molar-refractivity contribution in [2.75, 3.05) is 13.1 Å². The van der Waals surface area contributed by atoms with Gasteiger partial charge in [-0.05, 0) is 37.9 Å². The van der Waals surface area contributed by atoms with Crippen LogP contribution in [0.15, 0.2) is 30.3 Å². The Labute approximate surface area is 169 Å². The normalized spacial score (nSPS) is 24.3. The Morgan fingerprint density at radius 2 is 1.81 bits per heavy atom. The fraction of sp³-hybridized carbons (Fsp3) is 0.591. The Kier molecular flexibility index (Phi) is 9.32. The van der Waals surface area contributed by atoms with E-state index in [0.29, 0.717) is 18.0 Å². The summed E-state index contributed by atoms with van der Waals surface area (Å²) in [4.78, 5) is 14.6. The van der Waals surface area contributed by atoms with Crippen molar-refractivity contribution in [3.63, 3.8) is 0 Å². The van der Waals surface area contributed by atoms with Crippen molar-refractivity contribution in [1.82, 2.24) is 4.90 Å². The number of benzene rings is 1. The first kappa shape index (κ1) is 23.5. The predicted molar refractivity (Wildman–Crippen MR) is 111 cm³/mol. The number of aliphatic hydroxyl groups is 1. The number of carboxylic acids is 1. The lowest BCUT2D eigenvalue weighted by molar-refractivity contribution is -0.171. The van der Waals surface area contributed by atoms with E-state index in [0.717, 1.165) is 32.4 Å². The first-order chi connectivity index (χ1) is 12.5. The SMILES string of the molecule is CCC#CC1CC(N(CC)CC)CCC1C(O)(C(=O)O)c1ccccc1.Cl. The Bertz CT molecular complexity index is 651. The molecule has 4 atom stereocenters. The zero-order valence-electron chi connectivity index (χ0n) is 16.5. The molecule has 5 heteroatoms. The summed E-state index contributed by atoms with van der Waals surface area (Å²) < 4.78 is 0. The summed E-state index contributed by atoms with van der Waals surface area (Å²) in [5.74, 6) is 4.70. The van der Waals surface area contributed by atoms with Gasteiger partial charge in [-0.15, -0.1) is 18.3 Å². The second-order valence-corrected chi connectivity index (χ2v) is 7.01. The van der Waals surface area contributed by atoms with Crippen LogP contribution in [0.2, 0.25) is 0 Å². The number of rotatable bonds is 6. The van der Waals surface area contributed by atoms with Gasteiger partial charge in [0.25, 0.3) is 0 Å². The molecule has 2 N–H and O–H groups in total. The van der Waals surface area contributed by atoms with Crippen LogP contribution in [-0.4, -0.2) is 40.2 Å². The highest BCUT2D eigenvalue weighted by Gasteiger charge is 2.50. The minimum Gasteiger partial charge on any atom is -0.479 e. The first-order valence-corrected chi connectivity index (χ1v) is 9.72. The molecule has 0 bridgehead atoms. The maximum Gasteiger partial charge on any atom is 0.340 e. The second-order valence-electron chi connectivity index (χ2n) is 7.01. The average molecular weight is 394 g/mol. The maximum absolute atomic E-state index is 12.2. The van der Waals surface area contributed by atoms with Crippen molar-refractivity contribution in [3.05, 3.63) is 35.9 Å². The lowest BCUT2D eigenvalue weighted by Crippen LogP contribution is -2.50. The van der Waals surface area contributed by atoms with Crippen molar-refractivity contribution in [1.29, 1.82) is 0 Å². The van der Waals surface area contributed by atoms with Crippen LogP contribution in [0.5, 0.6) is 0 Å². The van der Waals surface area contributed by atoms with Crippen LogP contribution >= 0.6 is 12.4 Å². The first-order valence-electron chi connectivity index (χ1n) is 9.72. The van der Waals surface area contributed by atoms with Crippen molar-refractivity contribution in [2.45, 2.75) is 58.1 Å². The molecule has 1 aliphatic carbocycles. The largest absolute Gasteiger partial charge is 0.479 e. The molecule has 0 spiro atoms. The van der Waals surface area contributed by atoms with E-state index in [1.807, 2.05) is 13.0 Å². The fourth-order valence-corrected chi connectivity index (χ4v) is 4.30. The van der Waals surface area contributed by atoms with E-state index >= 15 is 0 Å². The molecule has 150 valence electrons. The van der Waals surface area contributed by atoms with E-state index in [1.165, 1.54) is 0 Å². The van der Waals surface area contributed by atoms with E-state index in [9.17, 15) is 15.0 Å². The number of hydrogen-bond acceptors (Lipinski definition) is 3. The summed E-state index contributed by atoms with van der Waals surface area (Å²) in [6.45, 7) is 8.25. The summed E-state index contributed by atoms with van der Waals surface area (Å²) in [5, 5.41) is 21.3. The van der Waals surface area contributed by atoms with Crippen LogP contribution in [0.25, 0.3) is 0 Å². The minimum absolute atomic E-state index is 0. The van der Waals surface area contributed by atoms with Crippen LogP contribution in [0, 0.1) is 23.7 Å². The number of carbonyl (C=O) groups is 1. The van der Waals surface area contributed by atoms with E-state index in [2.05, 4.69) is 30.6 Å². The van der Waals surface area contributed by atoms with Gasteiger partial charge >= 0.3 is 5.97 Å². The van der Waals surface area contributed by atoms with Gasteiger partial charge in [0.1, 0.15) is 0 Å². The highest BCUT2D eigenvalue weighted by molar-refractivity contribution is 5.85. The zero-order chi connectivity index (χ0) is 19.2. The van der Waals surface area contributed by atoms with Gasteiger partial charge in [-0.25, -0.2) is 4.79 Å². The van der Waals surface area contributed by atoms with Crippen LogP contribution in [0.1, 0.15) is 52.0 Å². The van der Waals surface area contributed by atoms with Crippen molar-refractivity contribution >= 4 is 18.4 Å². The van der Waals surface area contributed by atoms with E-state index in [1.54, 1.807) is 24.3 Å². The van der Waals surface area contributed by atoms with E-state index in [-0.39, 0.29) is 18.3 Å². The third-order valence-corrected chi connectivity index (χ3v) is 5.69. The molecule has 1 aromatic carbocycles. The molecular formula is C22H32ClNO3. The molecule has 2 rings (SSSR count). The fourth-order valence-electron chi connectivity index (χ4n) is 4.30. The Morgan fingerprint density at radius 1 is 1.19 bits per heavy atom. The van der Waals surface area contributed by atoms with Gasteiger partial charge in [0.2, 0.25) is 0 Å². The van der Waals surface area contributed by atoms with Crippen LogP contribution < -0.4 is 0 Å². The van der Waals surface area contributed by atoms with E-state index in [4.69, 9.17) is 0 Å². The molecule has 1 aromatic rings. The molecule has 27 heavy (non-hydrogen) atoms. The smallest absolute Gasteiger partial charge is 0.340 e. The molecule has 1 aliphatic rings. The zero-order valence-corrected chi connectivity index (χ0v) is 17.3. The Balaban J connectivity index is 0.00000364. The monoisotopic (exact) mass is 393 g/mol. The number of carboxylic acid groups (broad SMARTS) is 1. The maximum atomic E-state index is 12.2. The van der Waals surface area contributed by atoms with Gasteiger partial charge in [0.05, 0.1) is 0 Å². The third-order valence-electron chi connectivity index (χ3n) is 5.69. The van der Waals surface area contributed by atoms with Gasteiger partial charge in [-0.1, -0.05) is 57.0 Å². The number of hydrogen-bond donors (Lipinski definition) is 2. The van der Waals surface area contributed by atoms with Gasteiger partial charge in [0, 0.05) is 24.3 Å². The lowest BCUT2D eigenvalue weighted by atomic mass is 9.66. The van der Waals surface area contributed by atoms with Crippen molar-refractivity contribution in [2.24, 2.45) is 11.8 Å². The quantitative estimate of drug-likeness (QED) is 0.719. The van der Waals surface area contributed by atoms with Crippen molar-refractivity contribution < 1.29 is 15.0 Å². The van der Waals surface area contributed by atoms with Gasteiger partial charge < -0.3 is 15.1 Å². The van der Waals surface area contributed by atoms with Crippen LogP contribution in [0.4, 0.5) is 0 Å². The Morgan fingerprint density at radius 3 is 2.33 bits per heavy atom. The van der Waals surface area contributed by atoms with Gasteiger partial charge in [0.15, 0.2) is 5.60 Å². The molecule has 1 fully saturated rings. The summed E-state index contributed by atoms with van der Waals surface area (Å²) in [6.07, 6.45) is 3.08. The topological polar surface area (TPSA) is 60.8 Å². The van der Waals surface area contributed by atoms with Gasteiger partial charge in [-0.3, -0.25) is 0 Å². The molecular weight excluding hydrogens is 362 g/mol. The number of aliphatic carboxylic acids is 1. The summed E-state index contributed by atoms with van der Waals surface area (Å²) in [7, 11) is 0. The highest BCUT2D eigenvalue weighted by Crippen LogP contribution is 2.44. The highest BCUT2D eigenvalue weighted by atomic mass is 35.5. The van der Waals surface area contributed by atoms with Crippen LogP contribution in [-0.2, 0) is 10.4 Å². The third kappa shape index (κ3) is 5.04. The summed E-state index contributed by atoms with van der Waals surface area (Å²) >= 11 is 0. The molecule has 0 heterocycles. The lowest BCUT2D eigenvalue weighted by Gasteiger charge is -2.44. The minimum atomic E-state index is -1.90. The molecule has 0 amide bonds. The number of halogens is 1. The van der Waals surface area contributed by atoms with E-state index < -0.39 is 17.5 Å².